The van der Waals surface area contributed by atoms with E-state index in [0.717, 1.165) is 23.8 Å². The van der Waals surface area contributed by atoms with Crippen LogP contribution < -0.4 is 5.32 Å². The monoisotopic (exact) mass is 361 g/mol. The number of rotatable bonds is 4. The van der Waals surface area contributed by atoms with Crippen LogP contribution in [-0.4, -0.2) is 18.9 Å². The summed E-state index contributed by atoms with van der Waals surface area (Å²) in [7, 11) is 0. The Balaban J connectivity index is 1.93. The molecule has 0 spiro atoms. The van der Waals surface area contributed by atoms with E-state index in [1.54, 1.807) is 12.1 Å². The molecule has 0 radical (unpaired) electrons. The molecule has 2 aromatic rings. The number of hydrogen-bond donors (Lipinski definition) is 1. The van der Waals surface area contributed by atoms with Crippen molar-refractivity contribution in [3.05, 3.63) is 70.8 Å². The van der Waals surface area contributed by atoms with Gasteiger partial charge in [-0.3, -0.25) is 4.79 Å². The molecule has 4 nitrogen and oxygen atoms in total. The van der Waals surface area contributed by atoms with E-state index in [-0.39, 0.29) is 24.3 Å². The second-order valence-electron chi connectivity index (χ2n) is 5.13. The quantitative estimate of drug-likeness (QED) is 0.666. The van der Waals surface area contributed by atoms with Gasteiger partial charge in [0.1, 0.15) is 6.61 Å². The van der Waals surface area contributed by atoms with Gasteiger partial charge in [0.15, 0.2) is 6.29 Å². The molecule has 0 aliphatic rings. The second kappa shape index (κ2) is 8.72. The Hall–Kier alpha value is -3.27. The Bertz CT molecular complexity index is 837. The van der Waals surface area contributed by atoms with Gasteiger partial charge in [0.05, 0.1) is 12.1 Å². The molecule has 0 fully saturated rings. The van der Waals surface area contributed by atoms with E-state index < -0.39 is 17.8 Å². The molecule has 1 amide bonds. The van der Waals surface area contributed by atoms with Crippen molar-refractivity contribution in [2.24, 2.45) is 0 Å². The molecule has 1 N–H and O–H groups in total. The van der Waals surface area contributed by atoms with Crippen LogP contribution in [0.4, 0.5) is 18.0 Å². The van der Waals surface area contributed by atoms with E-state index >= 15 is 0 Å². The van der Waals surface area contributed by atoms with Crippen molar-refractivity contribution >= 4 is 12.4 Å². The average molecular weight is 361 g/mol. The molecule has 0 unspecified atom stereocenters. The Morgan fingerprint density at radius 1 is 1.15 bits per heavy atom. The van der Waals surface area contributed by atoms with Gasteiger partial charge in [-0.15, -0.1) is 0 Å². The lowest BCUT2D eigenvalue weighted by atomic mass is 10.0. The lowest BCUT2D eigenvalue weighted by Gasteiger charge is -2.07. The van der Waals surface area contributed by atoms with Crippen LogP contribution in [0.15, 0.2) is 48.5 Å². The fraction of sp³-hybridized carbons (Fsp3) is 0.158. The fourth-order valence-corrected chi connectivity index (χ4v) is 1.97. The van der Waals surface area contributed by atoms with Crippen molar-refractivity contribution in [1.82, 2.24) is 5.32 Å². The Kier molecular flexibility index (Phi) is 6.39. The highest BCUT2D eigenvalue weighted by Gasteiger charge is 2.30. The van der Waals surface area contributed by atoms with Gasteiger partial charge in [-0.05, 0) is 23.8 Å². The maximum atomic E-state index is 12.7. The maximum absolute atomic E-state index is 12.7. The molecule has 26 heavy (non-hydrogen) atoms. The van der Waals surface area contributed by atoms with Gasteiger partial charge < -0.3 is 10.1 Å². The molecule has 0 aliphatic heterocycles. The Labute approximate surface area is 148 Å². The summed E-state index contributed by atoms with van der Waals surface area (Å²) in [5.74, 6) is 4.95. The minimum atomic E-state index is -4.53. The average Bonchev–Trinajstić information content (AvgIpc) is 2.63. The predicted octanol–water partition coefficient (Wildman–Crippen LogP) is 3.80. The smallest absolute Gasteiger partial charge is 0.416 e. The molecule has 0 saturated heterocycles. The number of carbonyl (C=O) groups excluding carboxylic acids is 2. The number of benzene rings is 2. The molecule has 7 heteroatoms. The summed E-state index contributed by atoms with van der Waals surface area (Å²) >= 11 is 0. The van der Waals surface area contributed by atoms with Crippen molar-refractivity contribution in [2.45, 2.75) is 12.8 Å². The van der Waals surface area contributed by atoms with Gasteiger partial charge in [0, 0.05) is 11.1 Å². The maximum Gasteiger partial charge on any atom is 0.416 e. The Morgan fingerprint density at radius 3 is 2.54 bits per heavy atom. The molecule has 2 rings (SSSR count). The highest BCUT2D eigenvalue weighted by atomic mass is 19.4. The van der Waals surface area contributed by atoms with Crippen LogP contribution in [0.2, 0.25) is 0 Å². The number of aldehydes is 1. The summed E-state index contributed by atoms with van der Waals surface area (Å²) < 4.78 is 43.1. The van der Waals surface area contributed by atoms with E-state index in [4.69, 9.17) is 4.74 Å². The summed E-state index contributed by atoms with van der Waals surface area (Å²) in [6, 6.07) is 11.7. The van der Waals surface area contributed by atoms with Crippen molar-refractivity contribution in [1.29, 1.82) is 0 Å². The topological polar surface area (TPSA) is 55.4 Å². The van der Waals surface area contributed by atoms with Crippen LogP contribution in [0, 0.1) is 11.8 Å². The molecule has 2 aromatic carbocycles. The summed E-state index contributed by atoms with van der Waals surface area (Å²) in [4.78, 5) is 22.4. The van der Waals surface area contributed by atoms with Gasteiger partial charge in [0.25, 0.3) is 0 Å². The highest BCUT2D eigenvalue weighted by Crippen LogP contribution is 2.30. The number of nitrogens with one attached hydrogen (secondary N) is 1. The summed E-state index contributed by atoms with van der Waals surface area (Å²) in [6.07, 6.45) is -4.81. The number of alkyl carbamates (subject to hydrolysis) is 1. The summed E-state index contributed by atoms with van der Waals surface area (Å²) in [5, 5.41) is 2.36. The van der Waals surface area contributed by atoms with Gasteiger partial charge >= 0.3 is 12.3 Å². The molecular formula is C19H14F3NO3. The first-order valence-corrected chi connectivity index (χ1v) is 7.50. The molecule has 0 saturated carbocycles. The first kappa shape index (κ1) is 19.1. The van der Waals surface area contributed by atoms with Crippen molar-refractivity contribution < 1.29 is 27.5 Å². The van der Waals surface area contributed by atoms with Crippen molar-refractivity contribution in [3.63, 3.8) is 0 Å². The molecule has 0 heterocycles. The second-order valence-corrected chi connectivity index (χ2v) is 5.13. The Morgan fingerprint density at radius 2 is 1.88 bits per heavy atom. The number of hydrogen-bond acceptors (Lipinski definition) is 3. The van der Waals surface area contributed by atoms with E-state index in [1.165, 1.54) is 0 Å². The number of amides is 1. The minimum absolute atomic E-state index is 0.0390. The van der Waals surface area contributed by atoms with Crippen molar-refractivity contribution in [3.8, 4) is 11.8 Å². The third-order valence-electron chi connectivity index (χ3n) is 3.26. The van der Waals surface area contributed by atoms with Gasteiger partial charge in [0.2, 0.25) is 0 Å². The number of alkyl halides is 3. The number of halogens is 3. The molecule has 0 aromatic heterocycles. The fourth-order valence-electron chi connectivity index (χ4n) is 1.97. The first-order valence-electron chi connectivity index (χ1n) is 7.50. The molecule has 134 valence electrons. The van der Waals surface area contributed by atoms with E-state index in [2.05, 4.69) is 17.2 Å². The lowest BCUT2D eigenvalue weighted by Crippen LogP contribution is -2.24. The third-order valence-corrected chi connectivity index (χ3v) is 3.26. The van der Waals surface area contributed by atoms with E-state index in [9.17, 15) is 22.8 Å². The molecule has 0 aliphatic carbocycles. The first-order chi connectivity index (χ1) is 12.4. The standard InChI is InChI=1S/C19H14F3NO3/c20-19(21,22)17-9-8-16(12-24)15(11-17)7-4-10-23-18(25)26-13-14-5-2-1-3-6-14/h1-3,5-6,8-9,11-12H,10,13H2,(H,23,25). The summed E-state index contributed by atoms with van der Waals surface area (Å²) in [6.45, 7) is -0.0504. The SMILES string of the molecule is O=Cc1ccc(C(F)(F)F)cc1C#CCNC(=O)OCc1ccccc1. The van der Waals surface area contributed by atoms with Crippen molar-refractivity contribution in [2.75, 3.05) is 6.54 Å². The van der Waals surface area contributed by atoms with Gasteiger partial charge in [-0.2, -0.15) is 13.2 Å². The van der Waals surface area contributed by atoms with Gasteiger partial charge in [-0.25, -0.2) is 4.79 Å². The van der Waals surface area contributed by atoms with Crippen LogP contribution in [0.3, 0.4) is 0 Å². The van der Waals surface area contributed by atoms with Gasteiger partial charge in [-0.1, -0.05) is 42.2 Å². The van der Waals surface area contributed by atoms with Crippen LogP contribution in [0.25, 0.3) is 0 Å². The minimum Gasteiger partial charge on any atom is -0.445 e. The van der Waals surface area contributed by atoms with Crippen LogP contribution in [-0.2, 0) is 17.5 Å². The van der Waals surface area contributed by atoms with Crippen LogP contribution >= 0.6 is 0 Å². The van der Waals surface area contributed by atoms with Crippen LogP contribution in [0.1, 0.15) is 27.0 Å². The zero-order valence-corrected chi connectivity index (χ0v) is 13.5. The summed E-state index contributed by atoms with van der Waals surface area (Å²) in [5.41, 5.74) is -0.109. The highest BCUT2D eigenvalue weighted by molar-refractivity contribution is 5.79. The zero-order valence-electron chi connectivity index (χ0n) is 13.5. The zero-order chi connectivity index (χ0) is 19.0. The molecular weight excluding hydrogens is 347 g/mol. The number of ether oxygens (including phenoxy) is 1. The third kappa shape index (κ3) is 5.67. The van der Waals surface area contributed by atoms with E-state index in [1.807, 2.05) is 18.2 Å². The molecule has 0 bridgehead atoms. The lowest BCUT2D eigenvalue weighted by molar-refractivity contribution is -0.137. The largest absolute Gasteiger partial charge is 0.445 e. The van der Waals surface area contributed by atoms with E-state index in [0.29, 0.717) is 6.29 Å². The number of carbonyl (C=O) groups is 2. The van der Waals surface area contributed by atoms with Crippen LogP contribution in [0.5, 0.6) is 0 Å². The normalized spacial score (nSPS) is 10.4. The molecule has 0 atom stereocenters. The predicted molar refractivity (Wildman–Crippen MR) is 88.3 cm³/mol.